The first-order valence-electron chi connectivity index (χ1n) is 17.2. The second-order valence-corrected chi connectivity index (χ2v) is 13.4. The molecule has 4 unspecified atom stereocenters. The van der Waals surface area contributed by atoms with Gasteiger partial charge in [0.2, 0.25) is 0 Å². The number of ether oxygens (including phenoxy) is 4. The Morgan fingerprint density at radius 3 is 1.50 bits per heavy atom. The van der Waals surface area contributed by atoms with Gasteiger partial charge in [-0.25, -0.2) is 0 Å². The summed E-state index contributed by atoms with van der Waals surface area (Å²) in [7, 11) is 3.58. The highest BCUT2D eigenvalue weighted by atomic mass is 16.5. The van der Waals surface area contributed by atoms with Crippen molar-refractivity contribution in [2.24, 2.45) is 23.7 Å². The van der Waals surface area contributed by atoms with Crippen LogP contribution in [0.4, 0.5) is 0 Å². The minimum absolute atomic E-state index is 0.0242. The first kappa shape index (κ1) is 31.1. The number of benzene rings is 2. The molecule has 0 saturated heterocycles. The summed E-state index contributed by atoms with van der Waals surface area (Å²) >= 11 is 0. The fraction of sp³-hybridized carbons (Fsp3) is 0.684. The molecule has 0 aliphatic heterocycles. The van der Waals surface area contributed by atoms with Gasteiger partial charge in [0.1, 0.15) is 0 Å². The molecule has 1 fully saturated rings. The summed E-state index contributed by atoms with van der Waals surface area (Å²) in [5, 5.41) is 0. The molecule has 2 aromatic carbocycles. The maximum absolute atomic E-state index is 6.62. The highest BCUT2D eigenvalue weighted by Gasteiger charge is 2.58. The fourth-order valence-electron chi connectivity index (χ4n) is 8.55. The van der Waals surface area contributed by atoms with Gasteiger partial charge in [-0.3, -0.25) is 0 Å². The summed E-state index contributed by atoms with van der Waals surface area (Å²) < 4.78 is 25.1. The predicted octanol–water partition coefficient (Wildman–Crippen LogP) is 9.71. The molecule has 1 spiro atoms. The molecule has 0 amide bonds. The van der Waals surface area contributed by atoms with Gasteiger partial charge in [0.25, 0.3) is 0 Å². The van der Waals surface area contributed by atoms with Crippen molar-refractivity contribution < 1.29 is 18.9 Å². The van der Waals surface area contributed by atoms with E-state index in [1.165, 1.54) is 80.0 Å². The highest BCUT2D eigenvalue weighted by Crippen LogP contribution is 2.64. The van der Waals surface area contributed by atoms with Crippen molar-refractivity contribution >= 4 is 0 Å². The first-order valence-corrected chi connectivity index (χ1v) is 17.2. The highest BCUT2D eigenvalue weighted by molar-refractivity contribution is 5.63. The number of hydrogen-bond donors (Lipinski definition) is 0. The zero-order chi connectivity index (χ0) is 29.7. The first-order chi connectivity index (χ1) is 20.5. The largest absolute Gasteiger partial charge is 0.493 e. The van der Waals surface area contributed by atoms with E-state index in [0.29, 0.717) is 23.7 Å². The molecule has 0 N–H and O–H groups in total. The van der Waals surface area contributed by atoms with Crippen molar-refractivity contribution in [1.29, 1.82) is 0 Å². The maximum atomic E-state index is 6.62. The Morgan fingerprint density at radius 2 is 1.12 bits per heavy atom. The molecule has 0 radical (unpaired) electrons. The van der Waals surface area contributed by atoms with Crippen LogP contribution in [-0.4, -0.2) is 27.4 Å². The van der Waals surface area contributed by atoms with Crippen molar-refractivity contribution in [3.05, 3.63) is 46.5 Å². The monoisotopic (exact) mass is 576 g/mol. The molecule has 0 aromatic heterocycles. The van der Waals surface area contributed by atoms with Crippen molar-refractivity contribution in [3.63, 3.8) is 0 Å². The van der Waals surface area contributed by atoms with Crippen molar-refractivity contribution in [3.8, 4) is 23.0 Å². The molecule has 4 atom stereocenters. The van der Waals surface area contributed by atoms with Crippen LogP contribution in [0.25, 0.3) is 0 Å². The average Bonchev–Trinajstić information content (AvgIpc) is 3.53. The van der Waals surface area contributed by atoms with E-state index in [0.717, 1.165) is 61.9 Å². The van der Waals surface area contributed by atoms with E-state index in [1.54, 1.807) is 14.2 Å². The van der Waals surface area contributed by atoms with E-state index in [9.17, 15) is 0 Å². The lowest BCUT2D eigenvalue weighted by molar-refractivity contribution is 0.175. The lowest BCUT2D eigenvalue weighted by Crippen LogP contribution is -2.41. The van der Waals surface area contributed by atoms with Crippen molar-refractivity contribution in [2.75, 3.05) is 27.4 Å². The van der Waals surface area contributed by atoms with Crippen molar-refractivity contribution in [1.82, 2.24) is 0 Å². The lowest BCUT2D eigenvalue weighted by atomic mass is 9.59. The van der Waals surface area contributed by atoms with E-state index in [-0.39, 0.29) is 5.41 Å². The number of hydrogen-bond acceptors (Lipinski definition) is 4. The summed E-state index contributed by atoms with van der Waals surface area (Å²) in [5.41, 5.74) is 5.89. The van der Waals surface area contributed by atoms with Crippen molar-refractivity contribution in [2.45, 2.75) is 117 Å². The number of rotatable bonds is 16. The van der Waals surface area contributed by atoms with Gasteiger partial charge in [0.05, 0.1) is 27.4 Å². The zero-order valence-corrected chi connectivity index (χ0v) is 27.4. The molecule has 3 aliphatic rings. The minimum Gasteiger partial charge on any atom is -0.493 e. The molecule has 1 saturated carbocycles. The standard InChI is InChI=1S/C38H56O4/c1-7-11-14-26(9-3)24-41-36-22-32-28(20-34(36)39-5)18-30-16-13-17-31-19-29-21-35(40-6)37(23-33(29)38(30,31)32)42-25-27(10-4)15-12-8-2/h20-23,26-27,30-31H,7-19,24-25H2,1-6H3. The number of unbranched alkanes of at least 4 members (excludes halogenated alkanes) is 2. The van der Waals surface area contributed by atoms with Crippen LogP contribution in [0.3, 0.4) is 0 Å². The van der Waals surface area contributed by atoms with Gasteiger partial charge in [-0.2, -0.15) is 0 Å². The smallest absolute Gasteiger partial charge is 0.161 e. The Labute approximate surface area is 255 Å². The second-order valence-electron chi connectivity index (χ2n) is 13.4. The molecule has 0 heterocycles. The quantitative estimate of drug-likeness (QED) is 0.199. The molecule has 4 nitrogen and oxygen atoms in total. The van der Waals surface area contributed by atoms with Gasteiger partial charge in [-0.15, -0.1) is 0 Å². The summed E-state index contributed by atoms with van der Waals surface area (Å²) in [6, 6.07) is 9.38. The minimum atomic E-state index is 0.0242. The fourth-order valence-corrected chi connectivity index (χ4v) is 8.55. The van der Waals surface area contributed by atoms with Gasteiger partial charge in [-0.05, 0) is 109 Å². The number of fused-ring (bicyclic) bond motifs is 2. The molecule has 0 bridgehead atoms. The Bertz CT molecular complexity index is 1090. The topological polar surface area (TPSA) is 36.9 Å². The molecule has 4 heteroatoms. The van der Waals surface area contributed by atoms with Gasteiger partial charge < -0.3 is 18.9 Å². The molecule has 2 aromatic rings. The van der Waals surface area contributed by atoms with Gasteiger partial charge >= 0.3 is 0 Å². The summed E-state index contributed by atoms with van der Waals surface area (Å²) in [4.78, 5) is 0. The molecular formula is C38H56O4. The van der Waals surface area contributed by atoms with Gasteiger partial charge in [0, 0.05) is 5.41 Å². The zero-order valence-electron chi connectivity index (χ0n) is 27.4. The second kappa shape index (κ2) is 14.0. The van der Waals surface area contributed by atoms with Crippen LogP contribution in [0.5, 0.6) is 23.0 Å². The van der Waals surface area contributed by atoms with E-state index >= 15 is 0 Å². The van der Waals surface area contributed by atoms with Gasteiger partial charge in [-0.1, -0.05) is 72.6 Å². The van der Waals surface area contributed by atoms with E-state index in [1.807, 2.05) is 0 Å². The van der Waals surface area contributed by atoms with E-state index in [4.69, 9.17) is 18.9 Å². The van der Waals surface area contributed by atoms with Crippen LogP contribution < -0.4 is 18.9 Å². The third kappa shape index (κ3) is 5.76. The van der Waals surface area contributed by atoms with Crippen LogP contribution in [0.1, 0.15) is 121 Å². The Kier molecular flexibility index (Phi) is 10.3. The van der Waals surface area contributed by atoms with Crippen LogP contribution >= 0.6 is 0 Å². The SMILES string of the molecule is CCCCC(CC)COc1cc2c(cc1OC)CC1CCCC3Cc4cc(OC)c(OCC(CC)CCCC)cc4C213. The summed E-state index contributed by atoms with van der Waals surface area (Å²) in [6.07, 6.45) is 15.8. The van der Waals surface area contributed by atoms with Crippen LogP contribution in [0.15, 0.2) is 24.3 Å². The molecular weight excluding hydrogens is 520 g/mol. The number of methoxy groups -OCH3 is 2. The molecule has 5 rings (SSSR count). The maximum Gasteiger partial charge on any atom is 0.161 e. The van der Waals surface area contributed by atoms with E-state index < -0.39 is 0 Å². The molecule has 232 valence electrons. The van der Waals surface area contributed by atoms with Crippen LogP contribution in [-0.2, 0) is 18.3 Å². The molecule has 42 heavy (non-hydrogen) atoms. The van der Waals surface area contributed by atoms with Crippen LogP contribution in [0.2, 0.25) is 0 Å². The lowest BCUT2D eigenvalue weighted by Gasteiger charge is -2.43. The van der Waals surface area contributed by atoms with Gasteiger partial charge in [0.15, 0.2) is 23.0 Å². The Balaban J connectivity index is 1.52. The summed E-state index contributed by atoms with van der Waals surface area (Å²) in [5.74, 6) is 6.00. The van der Waals surface area contributed by atoms with Crippen LogP contribution in [0, 0.1) is 23.7 Å². The summed E-state index contributed by atoms with van der Waals surface area (Å²) in [6.45, 7) is 10.6. The normalized spacial score (nSPS) is 23.4. The molecule has 3 aliphatic carbocycles. The third-order valence-corrected chi connectivity index (χ3v) is 11.0. The predicted molar refractivity (Wildman–Crippen MR) is 173 cm³/mol. The Hall–Kier alpha value is -2.36. The third-order valence-electron chi connectivity index (χ3n) is 11.0. The average molecular weight is 577 g/mol. The Morgan fingerprint density at radius 1 is 0.667 bits per heavy atom. The van der Waals surface area contributed by atoms with E-state index in [2.05, 4.69) is 52.0 Å².